The molecule has 0 heterocycles. The van der Waals surface area contributed by atoms with Gasteiger partial charge in [0.05, 0.1) is 13.2 Å². The minimum absolute atomic E-state index is 0.351. The van der Waals surface area contributed by atoms with Crippen LogP contribution < -0.4 is 0 Å². The van der Waals surface area contributed by atoms with Crippen molar-refractivity contribution in [3.63, 3.8) is 0 Å². The Hall–Kier alpha value is -0.743. The lowest BCUT2D eigenvalue weighted by atomic mass is 10.7. The molecule has 0 saturated heterocycles. The molecule has 0 aromatic heterocycles. The van der Waals surface area contributed by atoms with Crippen molar-refractivity contribution >= 4 is 8.07 Å². The van der Waals surface area contributed by atoms with Gasteiger partial charge in [-0.15, -0.1) is 12.0 Å². The molecule has 0 atom stereocenters. The van der Waals surface area contributed by atoms with Gasteiger partial charge >= 0.3 is 0 Å². The summed E-state index contributed by atoms with van der Waals surface area (Å²) < 4.78 is 10.3. The normalized spacial score (nSPS) is 10.1. The minimum Gasteiger partial charge on any atom is -0.366 e. The summed E-state index contributed by atoms with van der Waals surface area (Å²) in [6.45, 7) is 8.55. The van der Waals surface area contributed by atoms with Gasteiger partial charge in [0.1, 0.15) is 21.3 Å². The van der Waals surface area contributed by atoms with Crippen LogP contribution in [-0.2, 0) is 9.47 Å². The molecule has 0 aliphatic carbocycles. The van der Waals surface area contributed by atoms with Crippen LogP contribution >= 0.6 is 0 Å². The summed E-state index contributed by atoms with van der Waals surface area (Å²) in [5, 5.41) is 0. The first-order valence-electron chi connectivity index (χ1n) is 4.65. The second-order valence-corrected chi connectivity index (χ2v) is 8.61. The molecule has 0 bridgehead atoms. The molecule has 0 spiro atoms. The highest BCUT2D eigenvalue weighted by Crippen LogP contribution is 1.95. The fourth-order valence-electron chi connectivity index (χ4n) is 0.673. The Labute approximate surface area is 88.0 Å². The highest BCUT2D eigenvalue weighted by Gasteiger charge is 2.06. The lowest BCUT2D eigenvalue weighted by molar-refractivity contribution is 0.0750. The molecule has 0 aromatic carbocycles. The van der Waals surface area contributed by atoms with Crippen LogP contribution in [0.15, 0.2) is 0 Å². The Morgan fingerprint density at radius 3 is 2.14 bits per heavy atom. The van der Waals surface area contributed by atoms with Gasteiger partial charge in [-0.3, -0.25) is 0 Å². The van der Waals surface area contributed by atoms with E-state index in [1.54, 1.807) is 0 Å². The van der Waals surface area contributed by atoms with Crippen molar-refractivity contribution in [1.82, 2.24) is 0 Å². The largest absolute Gasteiger partial charge is 0.366 e. The molecule has 0 aliphatic heterocycles. The molecule has 2 nitrogen and oxygen atoms in total. The van der Waals surface area contributed by atoms with E-state index >= 15 is 0 Å². The SMILES string of the molecule is C#CCOCCOCC#C[Si](C)(C)C. The van der Waals surface area contributed by atoms with Crippen molar-refractivity contribution in [2.45, 2.75) is 19.6 Å². The first kappa shape index (κ1) is 13.3. The lowest BCUT2D eigenvalue weighted by Gasteiger charge is -2.03. The molecule has 0 aliphatic rings. The molecule has 0 amide bonds. The Bertz CT molecular complexity index is 237. The van der Waals surface area contributed by atoms with Crippen LogP contribution in [0.1, 0.15) is 0 Å². The molecule has 0 N–H and O–H groups in total. The van der Waals surface area contributed by atoms with Crippen molar-refractivity contribution < 1.29 is 9.47 Å². The van der Waals surface area contributed by atoms with Crippen molar-refractivity contribution in [3.05, 3.63) is 0 Å². The van der Waals surface area contributed by atoms with E-state index in [4.69, 9.17) is 15.9 Å². The summed E-state index contributed by atoms with van der Waals surface area (Å²) in [4.78, 5) is 0. The standard InChI is InChI=1S/C11H18O2Si/c1-5-7-12-9-10-13-8-6-11-14(2,3)4/h1H,7-10H2,2-4H3. The van der Waals surface area contributed by atoms with Crippen LogP contribution in [0.4, 0.5) is 0 Å². The van der Waals surface area contributed by atoms with Crippen molar-refractivity contribution in [1.29, 1.82) is 0 Å². The molecule has 0 aromatic rings. The molecule has 0 saturated carbocycles. The van der Waals surface area contributed by atoms with E-state index in [0.29, 0.717) is 26.4 Å². The molecular formula is C11H18O2Si. The van der Waals surface area contributed by atoms with Crippen LogP contribution in [0.5, 0.6) is 0 Å². The molecule has 14 heavy (non-hydrogen) atoms. The van der Waals surface area contributed by atoms with E-state index in [9.17, 15) is 0 Å². The fourth-order valence-corrected chi connectivity index (χ4v) is 1.28. The zero-order chi connectivity index (χ0) is 10.9. The summed E-state index contributed by atoms with van der Waals surface area (Å²) >= 11 is 0. The number of ether oxygens (including phenoxy) is 2. The van der Waals surface area contributed by atoms with Crippen molar-refractivity contribution in [2.75, 3.05) is 26.4 Å². The quantitative estimate of drug-likeness (QED) is 0.389. The van der Waals surface area contributed by atoms with Crippen LogP contribution in [0.2, 0.25) is 19.6 Å². The van der Waals surface area contributed by atoms with Gasteiger partial charge in [0.25, 0.3) is 0 Å². The zero-order valence-electron chi connectivity index (χ0n) is 9.22. The topological polar surface area (TPSA) is 18.5 Å². The second kappa shape index (κ2) is 7.64. The number of hydrogen-bond acceptors (Lipinski definition) is 2. The van der Waals surface area contributed by atoms with Gasteiger partial charge in [0.15, 0.2) is 0 Å². The predicted molar refractivity (Wildman–Crippen MR) is 61.6 cm³/mol. The number of hydrogen-bond donors (Lipinski definition) is 0. The third kappa shape index (κ3) is 11.3. The van der Waals surface area contributed by atoms with E-state index in [-0.39, 0.29) is 0 Å². The smallest absolute Gasteiger partial charge is 0.129 e. The molecule has 0 fully saturated rings. The summed E-state index contributed by atoms with van der Waals surface area (Å²) in [5.41, 5.74) is 3.21. The molecule has 78 valence electrons. The van der Waals surface area contributed by atoms with Crippen LogP contribution in [0.25, 0.3) is 0 Å². The first-order chi connectivity index (χ1) is 6.56. The van der Waals surface area contributed by atoms with Gasteiger partial charge in [-0.2, -0.15) is 0 Å². The van der Waals surface area contributed by atoms with Crippen LogP contribution in [0, 0.1) is 23.8 Å². The third-order valence-corrected chi connectivity index (χ3v) is 2.12. The van der Waals surface area contributed by atoms with Crippen LogP contribution in [0.3, 0.4) is 0 Å². The van der Waals surface area contributed by atoms with Gasteiger partial charge in [-0.05, 0) is 0 Å². The van der Waals surface area contributed by atoms with Crippen molar-refractivity contribution in [3.8, 4) is 23.8 Å². The number of terminal acetylenes is 1. The maximum Gasteiger partial charge on any atom is 0.129 e. The van der Waals surface area contributed by atoms with Crippen LogP contribution in [-0.4, -0.2) is 34.5 Å². The highest BCUT2D eigenvalue weighted by molar-refractivity contribution is 6.83. The Morgan fingerprint density at radius 1 is 1.07 bits per heavy atom. The first-order valence-corrected chi connectivity index (χ1v) is 8.15. The summed E-state index contributed by atoms with van der Waals surface area (Å²) in [5.74, 6) is 5.40. The van der Waals surface area contributed by atoms with E-state index in [1.807, 2.05) is 0 Å². The zero-order valence-corrected chi connectivity index (χ0v) is 10.2. The van der Waals surface area contributed by atoms with Gasteiger partial charge in [-0.1, -0.05) is 31.5 Å². The average molecular weight is 210 g/mol. The summed E-state index contributed by atoms with van der Waals surface area (Å²) in [6.07, 6.45) is 5.01. The fraction of sp³-hybridized carbons (Fsp3) is 0.636. The monoisotopic (exact) mass is 210 g/mol. The van der Waals surface area contributed by atoms with Crippen molar-refractivity contribution in [2.24, 2.45) is 0 Å². The summed E-state index contributed by atoms with van der Waals surface area (Å²) in [6, 6.07) is 0. The van der Waals surface area contributed by atoms with Gasteiger partial charge in [-0.25, -0.2) is 0 Å². The van der Waals surface area contributed by atoms with E-state index in [2.05, 4.69) is 37.0 Å². The van der Waals surface area contributed by atoms with Gasteiger partial charge < -0.3 is 9.47 Å². The van der Waals surface area contributed by atoms with E-state index in [0.717, 1.165) is 0 Å². The lowest BCUT2D eigenvalue weighted by Crippen LogP contribution is -2.16. The van der Waals surface area contributed by atoms with E-state index in [1.165, 1.54) is 0 Å². The third-order valence-electron chi connectivity index (χ3n) is 1.20. The highest BCUT2D eigenvalue weighted by atomic mass is 28.3. The molecule has 3 heteroatoms. The number of rotatable bonds is 5. The Morgan fingerprint density at radius 2 is 1.64 bits per heavy atom. The van der Waals surface area contributed by atoms with Gasteiger partial charge in [0.2, 0.25) is 0 Å². The Balaban J connectivity index is 3.29. The second-order valence-electron chi connectivity index (χ2n) is 3.86. The molecule has 0 unspecified atom stereocenters. The maximum atomic E-state index is 5.23. The summed E-state index contributed by atoms with van der Waals surface area (Å²) in [7, 11) is -1.24. The Kier molecular flexibility index (Phi) is 7.24. The minimum atomic E-state index is -1.24. The maximum absolute atomic E-state index is 5.23. The molecular weight excluding hydrogens is 192 g/mol. The molecule has 0 rings (SSSR count). The average Bonchev–Trinajstić information content (AvgIpc) is 2.08. The van der Waals surface area contributed by atoms with E-state index < -0.39 is 8.07 Å². The van der Waals surface area contributed by atoms with Gasteiger partial charge in [0, 0.05) is 0 Å². The predicted octanol–water partition coefficient (Wildman–Crippen LogP) is 1.53. The molecule has 0 radical (unpaired) electrons.